The molecule has 1 heterocycles. The molecule has 0 aliphatic heterocycles. The summed E-state index contributed by atoms with van der Waals surface area (Å²) in [5, 5.41) is 4.11. The van der Waals surface area contributed by atoms with E-state index >= 15 is 0 Å². The number of anilines is 1. The maximum Gasteiger partial charge on any atom is 0.251 e. The fraction of sp³-hybridized carbons (Fsp3) is 0.542. The number of rotatable bonds is 15. The van der Waals surface area contributed by atoms with Crippen LogP contribution in [0.4, 0.5) is 5.82 Å². The van der Waals surface area contributed by atoms with Crippen LogP contribution in [0.3, 0.4) is 0 Å². The second kappa shape index (κ2) is 15.1. The van der Waals surface area contributed by atoms with Gasteiger partial charge in [0.2, 0.25) is 0 Å². The fourth-order valence-corrected chi connectivity index (χ4v) is 4.36. The summed E-state index contributed by atoms with van der Waals surface area (Å²) in [6.07, 6.45) is 6.35. The van der Waals surface area contributed by atoms with Gasteiger partial charge >= 0.3 is 0 Å². The van der Waals surface area contributed by atoms with Crippen molar-refractivity contribution in [2.45, 2.75) is 63.3 Å². The Morgan fingerprint density at radius 3 is 2.41 bits per heavy atom. The first kappa shape index (κ1) is 26.4. The summed E-state index contributed by atoms with van der Waals surface area (Å²) in [6, 6.07) is 9.54. The molecule has 0 radical (unpaired) electrons. The second-order valence-corrected chi connectivity index (χ2v) is 9.09. The van der Waals surface area contributed by atoms with Gasteiger partial charge in [-0.05, 0) is 49.9 Å². The van der Waals surface area contributed by atoms with Crippen LogP contribution in [0.25, 0.3) is 0 Å². The topological polar surface area (TPSA) is 84.1 Å². The Kier molecular flexibility index (Phi) is 12.5. The van der Waals surface area contributed by atoms with E-state index in [0.717, 1.165) is 69.5 Å². The number of nitrogens with two attached hydrogens (primary N) is 1. The summed E-state index contributed by atoms with van der Waals surface area (Å²) in [4.78, 5) is 23.6. The van der Waals surface area contributed by atoms with E-state index in [0.29, 0.717) is 28.2 Å². The molecular formula is C24H36ClN5OS. The third-order valence-corrected chi connectivity index (χ3v) is 6.08. The van der Waals surface area contributed by atoms with E-state index in [9.17, 15) is 4.79 Å². The molecule has 0 spiro atoms. The molecule has 2 rings (SSSR count). The van der Waals surface area contributed by atoms with Crippen LogP contribution < -0.4 is 16.0 Å². The van der Waals surface area contributed by atoms with Crippen LogP contribution >= 0.6 is 23.4 Å². The smallest absolute Gasteiger partial charge is 0.251 e. The zero-order chi connectivity index (χ0) is 23.2. The van der Waals surface area contributed by atoms with Gasteiger partial charge in [0.25, 0.3) is 5.91 Å². The number of benzene rings is 1. The molecule has 0 fully saturated rings. The van der Waals surface area contributed by atoms with Gasteiger partial charge in [0, 0.05) is 37.0 Å². The highest BCUT2D eigenvalue weighted by Crippen LogP contribution is 2.25. The Labute approximate surface area is 201 Å². The highest BCUT2D eigenvalue weighted by molar-refractivity contribution is 7.98. The van der Waals surface area contributed by atoms with Gasteiger partial charge in [-0.15, -0.1) is 0 Å². The Morgan fingerprint density at radius 1 is 1.06 bits per heavy atom. The first-order valence-corrected chi connectivity index (χ1v) is 12.9. The molecule has 8 heteroatoms. The first-order valence-electron chi connectivity index (χ1n) is 11.6. The number of hydrogen-bond acceptors (Lipinski definition) is 6. The zero-order valence-corrected chi connectivity index (χ0v) is 20.9. The molecule has 0 saturated carbocycles. The minimum Gasteiger partial charge on any atom is -0.356 e. The minimum absolute atomic E-state index is 0.0298. The largest absolute Gasteiger partial charge is 0.356 e. The molecule has 0 unspecified atom stereocenters. The number of nitrogens with one attached hydrogen (secondary N) is 1. The van der Waals surface area contributed by atoms with E-state index in [4.69, 9.17) is 22.3 Å². The number of carbonyl (C=O) groups is 1. The van der Waals surface area contributed by atoms with Crippen LogP contribution in [-0.2, 0) is 5.75 Å². The number of hydrogen-bond donors (Lipinski definition) is 2. The highest BCUT2D eigenvalue weighted by Gasteiger charge is 2.11. The Hall–Kier alpha value is -1.83. The lowest BCUT2D eigenvalue weighted by molar-refractivity contribution is 0.0953. The monoisotopic (exact) mass is 477 g/mol. The molecule has 1 aromatic carbocycles. The summed E-state index contributed by atoms with van der Waals surface area (Å²) in [5.41, 5.74) is 7.28. The van der Waals surface area contributed by atoms with Gasteiger partial charge in [-0.25, -0.2) is 9.97 Å². The van der Waals surface area contributed by atoms with Crippen molar-refractivity contribution in [3.8, 4) is 0 Å². The first-order chi connectivity index (χ1) is 15.6. The summed E-state index contributed by atoms with van der Waals surface area (Å²) >= 11 is 7.82. The van der Waals surface area contributed by atoms with Gasteiger partial charge < -0.3 is 16.0 Å². The van der Waals surface area contributed by atoms with E-state index in [-0.39, 0.29) is 5.91 Å². The van der Waals surface area contributed by atoms with Crippen molar-refractivity contribution in [3.05, 3.63) is 46.6 Å². The van der Waals surface area contributed by atoms with Crippen molar-refractivity contribution in [2.24, 2.45) is 5.73 Å². The van der Waals surface area contributed by atoms with Crippen LogP contribution in [-0.4, -0.2) is 42.1 Å². The van der Waals surface area contributed by atoms with E-state index in [2.05, 4.69) is 29.0 Å². The number of amides is 1. The average Bonchev–Trinajstić information content (AvgIpc) is 2.79. The van der Waals surface area contributed by atoms with E-state index in [1.165, 1.54) is 0 Å². The van der Waals surface area contributed by atoms with Gasteiger partial charge in [0.1, 0.15) is 11.0 Å². The molecule has 0 aliphatic carbocycles. The van der Waals surface area contributed by atoms with Crippen LogP contribution in [0.2, 0.25) is 5.15 Å². The van der Waals surface area contributed by atoms with Crippen molar-refractivity contribution in [1.82, 2.24) is 15.3 Å². The number of halogens is 1. The highest BCUT2D eigenvalue weighted by atomic mass is 35.5. The van der Waals surface area contributed by atoms with Crippen LogP contribution in [0.1, 0.15) is 68.3 Å². The van der Waals surface area contributed by atoms with Gasteiger partial charge in [0.15, 0.2) is 5.16 Å². The molecule has 1 aromatic heterocycles. The standard InChI is InChI=1S/C24H36ClN5OS/c1-3-15-30(16-4-2)22-17-21(25)28-24(29-22)32-18-19-9-11-20(12-10-19)23(31)27-14-8-6-5-7-13-26/h9-12,17H,3-8,13-16,18,26H2,1-2H3,(H,27,31). The molecule has 0 aliphatic rings. The normalized spacial score (nSPS) is 10.9. The summed E-state index contributed by atoms with van der Waals surface area (Å²) in [5.74, 6) is 1.56. The molecule has 1 amide bonds. The van der Waals surface area contributed by atoms with E-state index < -0.39 is 0 Å². The fourth-order valence-electron chi connectivity index (χ4n) is 3.32. The predicted molar refractivity (Wildman–Crippen MR) is 136 cm³/mol. The minimum atomic E-state index is -0.0298. The lowest BCUT2D eigenvalue weighted by Gasteiger charge is -2.22. The molecule has 0 bridgehead atoms. The number of nitrogens with zero attached hydrogens (tertiary/aromatic N) is 3. The molecule has 3 N–H and O–H groups in total. The zero-order valence-electron chi connectivity index (χ0n) is 19.3. The lowest BCUT2D eigenvalue weighted by atomic mass is 10.1. The van der Waals surface area contributed by atoms with Crippen molar-refractivity contribution >= 4 is 35.1 Å². The van der Waals surface area contributed by atoms with E-state index in [1.807, 2.05) is 30.3 Å². The van der Waals surface area contributed by atoms with E-state index in [1.54, 1.807) is 11.8 Å². The Morgan fingerprint density at radius 2 is 1.75 bits per heavy atom. The van der Waals surface area contributed by atoms with Crippen molar-refractivity contribution in [2.75, 3.05) is 31.1 Å². The number of unbranched alkanes of at least 4 members (excludes halogenated alkanes) is 3. The van der Waals surface area contributed by atoms with Crippen LogP contribution in [0.5, 0.6) is 0 Å². The maximum atomic E-state index is 12.3. The lowest BCUT2D eigenvalue weighted by Crippen LogP contribution is -2.26. The molecule has 0 saturated heterocycles. The number of thioether (sulfide) groups is 1. The number of aromatic nitrogens is 2. The molecular weight excluding hydrogens is 442 g/mol. The predicted octanol–water partition coefficient (Wildman–Crippen LogP) is 5.30. The third kappa shape index (κ3) is 9.35. The van der Waals surface area contributed by atoms with Crippen molar-refractivity contribution in [3.63, 3.8) is 0 Å². The summed E-state index contributed by atoms with van der Waals surface area (Å²) < 4.78 is 0. The van der Waals surface area contributed by atoms with Gasteiger partial charge in [-0.2, -0.15) is 0 Å². The Bertz CT molecular complexity index is 813. The van der Waals surface area contributed by atoms with Crippen LogP contribution in [0.15, 0.2) is 35.5 Å². The molecule has 176 valence electrons. The molecule has 0 atom stereocenters. The van der Waals surface area contributed by atoms with Crippen molar-refractivity contribution in [1.29, 1.82) is 0 Å². The Balaban J connectivity index is 1.88. The summed E-state index contributed by atoms with van der Waals surface area (Å²) in [7, 11) is 0. The van der Waals surface area contributed by atoms with Gasteiger partial charge in [-0.3, -0.25) is 4.79 Å². The maximum absolute atomic E-state index is 12.3. The molecule has 32 heavy (non-hydrogen) atoms. The van der Waals surface area contributed by atoms with Gasteiger partial charge in [-0.1, -0.05) is 62.2 Å². The van der Waals surface area contributed by atoms with Crippen molar-refractivity contribution < 1.29 is 4.79 Å². The second-order valence-electron chi connectivity index (χ2n) is 7.76. The average molecular weight is 478 g/mol. The third-order valence-electron chi connectivity index (χ3n) is 4.97. The molecule has 6 nitrogen and oxygen atoms in total. The molecule has 2 aromatic rings. The van der Waals surface area contributed by atoms with Gasteiger partial charge in [0.05, 0.1) is 0 Å². The SMILES string of the molecule is CCCN(CCC)c1cc(Cl)nc(SCc2ccc(C(=O)NCCCCCCN)cc2)n1. The summed E-state index contributed by atoms with van der Waals surface area (Å²) in [6.45, 7) is 7.65. The number of carbonyl (C=O) groups excluding carboxylic acids is 1. The quantitative estimate of drug-likeness (QED) is 0.157. The van der Waals surface area contributed by atoms with Crippen LogP contribution in [0, 0.1) is 0 Å².